The summed E-state index contributed by atoms with van der Waals surface area (Å²) in [6, 6.07) is 15.9. The number of hydrogen-bond donors (Lipinski definition) is 1. The third-order valence-electron chi connectivity index (χ3n) is 3.68. The fourth-order valence-electron chi connectivity index (χ4n) is 2.40. The summed E-state index contributed by atoms with van der Waals surface area (Å²) < 4.78 is 10.5. The molecule has 0 saturated carbocycles. The maximum atomic E-state index is 11.9. The highest BCUT2D eigenvalue weighted by Crippen LogP contribution is 2.30. The van der Waals surface area contributed by atoms with Gasteiger partial charge in [-0.3, -0.25) is 4.79 Å². The third-order valence-corrected chi connectivity index (χ3v) is 3.68. The van der Waals surface area contributed by atoms with E-state index in [4.69, 9.17) is 14.7 Å². The van der Waals surface area contributed by atoms with Gasteiger partial charge >= 0.3 is 5.97 Å². The Morgan fingerprint density at radius 1 is 1.07 bits per heavy atom. The van der Waals surface area contributed by atoms with Gasteiger partial charge in [-0.25, -0.2) is 4.79 Å². The SMILES string of the molecule is CC(C)(C)c1ccccc1OCC(=O)OCC(=O)Nc1cccc(C#N)c1. The molecule has 140 valence electrons. The predicted octanol–water partition coefficient (Wildman–Crippen LogP) is 3.42. The number of carbonyl (C=O) groups excluding carboxylic acids is 2. The van der Waals surface area contributed by atoms with Crippen LogP contribution in [0.1, 0.15) is 31.9 Å². The second kappa shape index (κ2) is 8.86. The molecule has 0 heterocycles. The summed E-state index contributed by atoms with van der Waals surface area (Å²) in [6.07, 6.45) is 0. The van der Waals surface area contributed by atoms with Crippen molar-refractivity contribution in [2.24, 2.45) is 0 Å². The molecule has 2 aromatic carbocycles. The lowest BCUT2D eigenvalue weighted by molar-refractivity contribution is -0.149. The van der Waals surface area contributed by atoms with E-state index in [9.17, 15) is 9.59 Å². The van der Waals surface area contributed by atoms with Gasteiger partial charge in [-0.15, -0.1) is 0 Å². The van der Waals surface area contributed by atoms with Crippen LogP contribution in [0, 0.1) is 11.3 Å². The Kier molecular flexibility index (Phi) is 6.56. The minimum atomic E-state index is -0.639. The van der Waals surface area contributed by atoms with E-state index in [0.29, 0.717) is 17.0 Å². The standard InChI is InChI=1S/C21H22N2O4/c1-21(2,3)17-9-4-5-10-18(17)26-14-20(25)27-13-19(24)23-16-8-6-7-15(11-16)12-22/h4-11H,13-14H2,1-3H3,(H,23,24). The number of carbonyl (C=O) groups is 2. The number of nitrogens with one attached hydrogen (secondary N) is 1. The first-order valence-electron chi connectivity index (χ1n) is 8.47. The average molecular weight is 366 g/mol. The van der Waals surface area contributed by atoms with Crippen molar-refractivity contribution in [1.82, 2.24) is 0 Å². The van der Waals surface area contributed by atoms with E-state index < -0.39 is 18.5 Å². The molecule has 0 aromatic heterocycles. The zero-order valence-corrected chi connectivity index (χ0v) is 15.6. The smallest absolute Gasteiger partial charge is 0.344 e. The van der Waals surface area contributed by atoms with Crippen molar-refractivity contribution in [2.45, 2.75) is 26.2 Å². The number of nitrogens with zero attached hydrogens (tertiary/aromatic N) is 1. The normalized spacial score (nSPS) is 10.6. The molecule has 1 amide bonds. The zero-order valence-electron chi connectivity index (χ0n) is 15.6. The van der Waals surface area contributed by atoms with E-state index in [1.807, 2.05) is 24.3 Å². The van der Waals surface area contributed by atoms with Crippen molar-refractivity contribution in [3.8, 4) is 11.8 Å². The number of esters is 1. The molecule has 0 radical (unpaired) electrons. The highest BCUT2D eigenvalue weighted by atomic mass is 16.6. The lowest BCUT2D eigenvalue weighted by Gasteiger charge is -2.22. The molecule has 0 spiro atoms. The summed E-state index contributed by atoms with van der Waals surface area (Å²) >= 11 is 0. The van der Waals surface area contributed by atoms with E-state index in [1.165, 1.54) is 6.07 Å². The quantitative estimate of drug-likeness (QED) is 0.792. The summed E-state index contributed by atoms with van der Waals surface area (Å²) in [4.78, 5) is 23.7. The summed E-state index contributed by atoms with van der Waals surface area (Å²) in [6.45, 7) is 5.45. The number of hydrogen-bond acceptors (Lipinski definition) is 5. The lowest BCUT2D eigenvalue weighted by atomic mass is 9.86. The summed E-state index contributed by atoms with van der Waals surface area (Å²) in [5, 5.41) is 11.4. The number of anilines is 1. The molecule has 2 rings (SSSR count). The molecule has 27 heavy (non-hydrogen) atoms. The summed E-state index contributed by atoms with van der Waals surface area (Å²) in [5.74, 6) is -0.520. The predicted molar refractivity (Wildman–Crippen MR) is 101 cm³/mol. The molecule has 0 fully saturated rings. The number of amides is 1. The summed E-state index contributed by atoms with van der Waals surface area (Å²) in [5.41, 5.74) is 1.74. The molecule has 0 saturated heterocycles. The molecule has 0 bridgehead atoms. The highest BCUT2D eigenvalue weighted by Gasteiger charge is 2.19. The average Bonchev–Trinajstić information content (AvgIpc) is 2.64. The van der Waals surface area contributed by atoms with Crippen LogP contribution in [0.15, 0.2) is 48.5 Å². The maximum Gasteiger partial charge on any atom is 0.344 e. The second-order valence-corrected chi connectivity index (χ2v) is 6.94. The number of ether oxygens (including phenoxy) is 2. The van der Waals surface area contributed by atoms with Crippen molar-refractivity contribution in [1.29, 1.82) is 5.26 Å². The van der Waals surface area contributed by atoms with Gasteiger partial charge in [-0.05, 0) is 35.2 Å². The van der Waals surface area contributed by atoms with Crippen molar-refractivity contribution in [3.05, 3.63) is 59.7 Å². The van der Waals surface area contributed by atoms with Gasteiger partial charge in [-0.1, -0.05) is 45.0 Å². The molecule has 6 heteroatoms. The molecule has 0 unspecified atom stereocenters. The fourth-order valence-corrected chi connectivity index (χ4v) is 2.40. The number of nitriles is 1. The third kappa shape index (κ3) is 6.15. The molecule has 0 aliphatic rings. The highest BCUT2D eigenvalue weighted by molar-refractivity contribution is 5.93. The Balaban J connectivity index is 1.83. The lowest BCUT2D eigenvalue weighted by Crippen LogP contribution is -2.24. The van der Waals surface area contributed by atoms with Gasteiger partial charge in [0.25, 0.3) is 5.91 Å². The van der Waals surface area contributed by atoms with Crippen LogP contribution < -0.4 is 10.1 Å². The van der Waals surface area contributed by atoms with Crippen molar-refractivity contribution in [2.75, 3.05) is 18.5 Å². The van der Waals surface area contributed by atoms with E-state index in [-0.39, 0.29) is 12.0 Å². The minimum Gasteiger partial charge on any atom is -0.482 e. The minimum absolute atomic E-state index is 0.127. The molecular formula is C21H22N2O4. The Labute approximate surface area is 158 Å². The summed E-state index contributed by atoms with van der Waals surface area (Å²) in [7, 11) is 0. The van der Waals surface area contributed by atoms with Gasteiger partial charge in [0.05, 0.1) is 11.6 Å². The van der Waals surface area contributed by atoms with Crippen LogP contribution in [0.2, 0.25) is 0 Å². The molecule has 0 atom stereocenters. The van der Waals surface area contributed by atoms with Crippen LogP contribution in [0.3, 0.4) is 0 Å². The van der Waals surface area contributed by atoms with Crippen molar-refractivity contribution in [3.63, 3.8) is 0 Å². The van der Waals surface area contributed by atoms with E-state index in [1.54, 1.807) is 24.3 Å². The number of benzene rings is 2. The van der Waals surface area contributed by atoms with Gasteiger partial charge in [0, 0.05) is 5.69 Å². The molecule has 2 aromatic rings. The molecule has 1 N–H and O–H groups in total. The van der Waals surface area contributed by atoms with E-state index in [2.05, 4.69) is 26.1 Å². The fraction of sp³-hybridized carbons (Fsp3) is 0.286. The van der Waals surface area contributed by atoms with Crippen molar-refractivity contribution < 1.29 is 19.1 Å². The Hall–Kier alpha value is -3.33. The van der Waals surface area contributed by atoms with Crippen LogP contribution in [0.5, 0.6) is 5.75 Å². The second-order valence-electron chi connectivity index (χ2n) is 6.94. The topological polar surface area (TPSA) is 88.4 Å². The van der Waals surface area contributed by atoms with Crippen LogP contribution >= 0.6 is 0 Å². The van der Waals surface area contributed by atoms with Gasteiger partial charge in [0.1, 0.15) is 5.75 Å². The van der Waals surface area contributed by atoms with Crippen LogP contribution in [-0.2, 0) is 19.7 Å². The van der Waals surface area contributed by atoms with Gasteiger partial charge < -0.3 is 14.8 Å². The van der Waals surface area contributed by atoms with Crippen LogP contribution in [0.25, 0.3) is 0 Å². The molecule has 6 nitrogen and oxygen atoms in total. The van der Waals surface area contributed by atoms with Gasteiger partial charge in [-0.2, -0.15) is 5.26 Å². The zero-order chi connectivity index (χ0) is 19.9. The van der Waals surface area contributed by atoms with Gasteiger partial charge in [0.15, 0.2) is 13.2 Å². The monoisotopic (exact) mass is 366 g/mol. The molecule has 0 aliphatic heterocycles. The Bertz CT molecular complexity index is 863. The first-order valence-corrected chi connectivity index (χ1v) is 8.47. The van der Waals surface area contributed by atoms with Crippen LogP contribution in [0.4, 0.5) is 5.69 Å². The van der Waals surface area contributed by atoms with Crippen LogP contribution in [-0.4, -0.2) is 25.1 Å². The van der Waals surface area contributed by atoms with Crippen molar-refractivity contribution >= 4 is 17.6 Å². The van der Waals surface area contributed by atoms with E-state index in [0.717, 1.165) is 5.56 Å². The molecule has 0 aliphatic carbocycles. The molecular weight excluding hydrogens is 344 g/mol. The Morgan fingerprint density at radius 2 is 1.81 bits per heavy atom. The van der Waals surface area contributed by atoms with E-state index >= 15 is 0 Å². The first kappa shape index (κ1) is 20.0. The number of para-hydroxylation sites is 1. The Morgan fingerprint density at radius 3 is 2.52 bits per heavy atom. The number of rotatable bonds is 6. The van der Waals surface area contributed by atoms with Gasteiger partial charge in [0.2, 0.25) is 0 Å². The largest absolute Gasteiger partial charge is 0.482 e. The first-order chi connectivity index (χ1) is 12.8. The maximum absolute atomic E-state index is 11.9.